The van der Waals surface area contributed by atoms with Crippen molar-refractivity contribution < 1.29 is 0 Å². The van der Waals surface area contributed by atoms with Gasteiger partial charge in [0, 0.05) is 12.6 Å². The van der Waals surface area contributed by atoms with Gasteiger partial charge in [-0.1, -0.05) is 26.2 Å². The van der Waals surface area contributed by atoms with Crippen LogP contribution in [0.15, 0.2) is 6.33 Å². The van der Waals surface area contributed by atoms with E-state index in [2.05, 4.69) is 29.2 Å². The third-order valence-electron chi connectivity index (χ3n) is 3.88. The SMILES string of the molecule is CCn1ncnc1CNC1CCCCCC1C. The van der Waals surface area contributed by atoms with Crippen molar-refractivity contribution in [2.75, 3.05) is 0 Å². The number of nitrogens with one attached hydrogen (secondary N) is 1. The molecule has 1 aromatic rings. The van der Waals surface area contributed by atoms with Crippen LogP contribution in [0.2, 0.25) is 0 Å². The van der Waals surface area contributed by atoms with Gasteiger partial charge in [-0.25, -0.2) is 9.67 Å². The van der Waals surface area contributed by atoms with Crippen molar-refractivity contribution in [1.29, 1.82) is 0 Å². The van der Waals surface area contributed by atoms with Gasteiger partial charge in [0.25, 0.3) is 0 Å². The van der Waals surface area contributed by atoms with E-state index >= 15 is 0 Å². The van der Waals surface area contributed by atoms with Crippen LogP contribution < -0.4 is 5.32 Å². The van der Waals surface area contributed by atoms with Crippen LogP contribution in [-0.4, -0.2) is 20.8 Å². The molecule has 0 spiro atoms. The fraction of sp³-hybridized carbons (Fsp3) is 0.846. The number of aromatic nitrogens is 3. The Balaban J connectivity index is 1.88. The Labute approximate surface area is 104 Å². The first-order chi connectivity index (χ1) is 8.31. The van der Waals surface area contributed by atoms with Crippen molar-refractivity contribution in [2.24, 2.45) is 5.92 Å². The maximum atomic E-state index is 4.31. The second-order valence-corrected chi connectivity index (χ2v) is 5.09. The van der Waals surface area contributed by atoms with Crippen molar-refractivity contribution in [3.63, 3.8) is 0 Å². The molecule has 1 saturated carbocycles. The number of hydrogen-bond donors (Lipinski definition) is 1. The van der Waals surface area contributed by atoms with Crippen LogP contribution in [0.4, 0.5) is 0 Å². The zero-order chi connectivity index (χ0) is 12.1. The van der Waals surface area contributed by atoms with Crippen LogP contribution in [0.1, 0.15) is 51.8 Å². The second kappa shape index (κ2) is 6.15. The molecular weight excluding hydrogens is 212 g/mol. The van der Waals surface area contributed by atoms with Crippen LogP contribution in [0.5, 0.6) is 0 Å². The van der Waals surface area contributed by atoms with E-state index in [0.29, 0.717) is 6.04 Å². The Hall–Kier alpha value is -0.900. The highest BCUT2D eigenvalue weighted by atomic mass is 15.3. The number of aryl methyl sites for hydroxylation is 1. The largest absolute Gasteiger partial charge is 0.307 e. The summed E-state index contributed by atoms with van der Waals surface area (Å²) in [5.41, 5.74) is 0. The van der Waals surface area contributed by atoms with Crippen molar-refractivity contribution in [3.8, 4) is 0 Å². The monoisotopic (exact) mass is 236 g/mol. The number of nitrogens with zero attached hydrogens (tertiary/aromatic N) is 3. The summed E-state index contributed by atoms with van der Waals surface area (Å²) in [5, 5.41) is 7.87. The third kappa shape index (κ3) is 3.28. The van der Waals surface area contributed by atoms with Gasteiger partial charge in [-0.3, -0.25) is 0 Å². The lowest BCUT2D eigenvalue weighted by molar-refractivity contribution is 0.349. The molecule has 1 aliphatic carbocycles. The predicted octanol–water partition coefficient (Wildman–Crippen LogP) is 2.36. The Morgan fingerprint density at radius 1 is 1.35 bits per heavy atom. The Morgan fingerprint density at radius 3 is 3.00 bits per heavy atom. The van der Waals surface area contributed by atoms with Crippen LogP contribution in [-0.2, 0) is 13.1 Å². The van der Waals surface area contributed by atoms with Gasteiger partial charge in [0.2, 0.25) is 0 Å². The van der Waals surface area contributed by atoms with Crippen LogP contribution in [0, 0.1) is 5.92 Å². The summed E-state index contributed by atoms with van der Waals surface area (Å²) in [5.74, 6) is 1.85. The average molecular weight is 236 g/mol. The van der Waals surface area contributed by atoms with E-state index < -0.39 is 0 Å². The van der Waals surface area contributed by atoms with Gasteiger partial charge in [-0.05, 0) is 25.7 Å². The highest BCUT2D eigenvalue weighted by Gasteiger charge is 2.19. The minimum absolute atomic E-state index is 0.652. The molecule has 0 radical (unpaired) electrons. The maximum Gasteiger partial charge on any atom is 0.140 e. The highest BCUT2D eigenvalue weighted by molar-refractivity contribution is 4.86. The van der Waals surface area contributed by atoms with Gasteiger partial charge in [0.15, 0.2) is 0 Å². The molecule has 4 nitrogen and oxygen atoms in total. The molecule has 1 aliphatic rings. The van der Waals surface area contributed by atoms with E-state index in [1.165, 1.54) is 32.1 Å². The molecule has 1 fully saturated rings. The standard InChI is InChI=1S/C13H24N4/c1-3-17-13(15-10-16-17)9-14-12-8-6-4-5-7-11(12)2/h10-12,14H,3-9H2,1-2H3. The van der Waals surface area contributed by atoms with E-state index in [9.17, 15) is 0 Å². The van der Waals surface area contributed by atoms with Gasteiger partial charge in [0.05, 0.1) is 6.54 Å². The molecule has 1 N–H and O–H groups in total. The average Bonchev–Trinajstić information content (AvgIpc) is 2.70. The predicted molar refractivity (Wildman–Crippen MR) is 68.6 cm³/mol. The molecule has 2 unspecified atom stereocenters. The molecule has 0 aromatic carbocycles. The van der Waals surface area contributed by atoms with Crippen LogP contribution in [0.3, 0.4) is 0 Å². The van der Waals surface area contributed by atoms with E-state index in [1.54, 1.807) is 6.33 Å². The van der Waals surface area contributed by atoms with Crippen molar-refractivity contribution >= 4 is 0 Å². The highest BCUT2D eigenvalue weighted by Crippen LogP contribution is 2.23. The summed E-state index contributed by atoms with van der Waals surface area (Å²) in [6, 6.07) is 0.652. The Kier molecular flexibility index (Phi) is 4.54. The van der Waals surface area contributed by atoms with Crippen molar-refractivity contribution in [3.05, 3.63) is 12.2 Å². The lowest BCUT2D eigenvalue weighted by Gasteiger charge is -2.22. The Morgan fingerprint density at radius 2 is 2.18 bits per heavy atom. The maximum absolute atomic E-state index is 4.31. The molecule has 0 aliphatic heterocycles. The second-order valence-electron chi connectivity index (χ2n) is 5.09. The zero-order valence-corrected chi connectivity index (χ0v) is 11.0. The van der Waals surface area contributed by atoms with Crippen molar-refractivity contribution in [2.45, 2.75) is 65.1 Å². The molecule has 4 heteroatoms. The normalized spacial score (nSPS) is 25.8. The Bertz CT molecular complexity index is 334. The van der Waals surface area contributed by atoms with Crippen LogP contribution in [0.25, 0.3) is 0 Å². The van der Waals surface area contributed by atoms with Gasteiger partial charge >= 0.3 is 0 Å². The van der Waals surface area contributed by atoms with E-state index in [0.717, 1.165) is 24.8 Å². The molecule has 2 atom stereocenters. The van der Waals surface area contributed by atoms with E-state index in [1.807, 2.05) is 4.68 Å². The molecule has 96 valence electrons. The topological polar surface area (TPSA) is 42.7 Å². The number of rotatable bonds is 4. The molecule has 0 bridgehead atoms. The molecule has 2 rings (SSSR count). The molecule has 17 heavy (non-hydrogen) atoms. The smallest absolute Gasteiger partial charge is 0.140 e. The number of hydrogen-bond acceptors (Lipinski definition) is 3. The van der Waals surface area contributed by atoms with E-state index in [-0.39, 0.29) is 0 Å². The molecule has 1 aromatic heterocycles. The summed E-state index contributed by atoms with van der Waals surface area (Å²) in [6.45, 7) is 6.22. The molecule has 0 saturated heterocycles. The lowest BCUT2D eigenvalue weighted by atomic mass is 9.97. The quantitative estimate of drug-likeness (QED) is 0.816. The van der Waals surface area contributed by atoms with E-state index in [4.69, 9.17) is 0 Å². The third-order valence-corrected chi connectivity index (χ3v) is 3.88. The van der Waals surface area contributed by atoms with Gasteiger partial charge in [0.1, 0.15) is 12.2 Å². The fourth-order valence-electron chi connectivity index (χ4n) is 2.71. The summed E-state index contributed by atoms with van der Waals surface area (Å²) in [6.07, 6.45) is 8.47. The fourth-order valence-corrected chi connectivity index (χ4v) is 2.71. The molecule has 1 heterocycles. The summed E-state index contributed by atoms with van der Waals surface area (Å²) < 4.78 is 1.97. The van der Waals surface area contributed by atoms with Gasteiger partial charge in [-0.15, -0.1) is 0 Å². The first kappa shape index (κ1) is 12.6. The van der Waals surface area contributed by atoms with Crippen LogP contribution >= 0.6 is 0 Å². The lowest BCUT2D eigenvalue weighted by Crippen LogP contribution is -2.34. The molecule has 0 amide bonds. The first-order valence-corrected chi connectivity index (χ1v) is 6.91. The first-order valence-electron chi connectivity index (χ1n) is 6.91. The molecular formula is C13H24N4. The zero-order valence-electron chi connectivity index (χ0n) is 11.0. The summed E-state index contributed by atoms with van der Waals surface area (Å²) in [4.78, 5) is 4.31. The minimum atomic E-state index is 0.652. The minimum Gasteiger partial charge on any atom is -0.307 e. The van der Waals surface area contributed by atoms with Crippen molar-refractivity contribution in [1.82, 2.24) is 20.1 Å². The van der Waals surface area contributed by atoms with Gasteiger partial charge in [-0.2, -0.15) is 5.10 Å². The van der Waals surface area contributed by atoms with Gasteiger partial charge < -0.3 is 5.32 Å². The summed E-state index contributed by atoms with van der Waals surface area (Å²) >= 11 is 0. The summed E-state index contributed by atoms with van der Waals surface area (Å²) in [7, 11) is 0.